The highest BCUT2D eigenvalue weighted by Gasteiger charge is 2.26. The normalized spacial score (nSPS) is 16.8. The average Bonchev–Trinajstić information content (AvgIpc) is 3.30. The Labute approximate surface area is 193 Å². The molecule has 11 heteroatoms. The number of morpholine rings is 1. The van der Waals surface area contributed by atoms with Crippen LogP contribution in [-0.2, 0) is 11.3 Å². The number of nitrogens with zero attached hydrogens (tertiary/aromatic N) is 4. The Kier molecular flexibility index (Phi) is 7.74. The van der Waals surface area contributed by atoms with E-state index in [-0.39, 0.29) is 12.6 Å². The molecule has 0 aliphatic carbocycles. The van der Waals surface area contributed by atoms with Crippen molar-refractivity contribution in [3.63, 3.8) is 0 Å². The summed E-state index contributed by atoms with van der Waals surface area (Å²) in [6, 6.07) is 5.01. The van der Waals surface area contributed by atoms with E-state index in [9.17, 15) is 14.6 Å². The molecule has 1 aromatic carbocycles. The second kappa shape index (κ2) is 10.7. The molecule has 1 aliphatic heterocycles. The van der Waals surface area contributed by atoms with Gasteiger partial charge in [0, 0.05) is 46.9 Å². The second-order valence-corrected chi connectivity index (χ2v) is 8.80. The third kappa shape index (κ3) is 5.46. The Morgan fingerprint density at radius 2 is 1.94 bits per heavy atom. The summed E-state index contributed by atoms with van der Waals surface area (Å²) < 4.78 is 18.6. The van der Waals surface area contributed by atoms with Gasteiger partial charge in [0.1, 0.15) is 11.2 Å². The topological polar surface area (TPSA) is 104 Å². The number of halogens is 2. The van der Waals surface area contributed by atoms with Crippen LogP contribution < -0.4 is 5.32 Å². The van der Waals surface area contributed by atoms with Gasteiger partial charge >= 0.3 is 0 Å². The molecule has 1 saturated heterocycles. The van der Waals surface area contributed by atoms with Crippen LogP contribution in [0, 0.1) is 5.82 Å². The van der Waals surface area contributed by atoms with Crippen molar-refractivity contribution in [1.82, 2.24) is 25.2 Å². The highest BCUT2D eigenvalue weighted by atomic mass is 35.5. The largest absolute Gasteiger partial charge is 0.389 e. The van der Waals surface area contributed by atoms with Gasteiger partial charge in [-0.15, -0.1) is 11.3 Å². The number of thiazole rings is 1. The Hall–Kier alpha value is -2.05. The number of aromatic nitrogens is 3. The number of hydrogen-bond acceptors (Lipinski definition) is 9. The van der Waals surface area contributed by atoms with E-state index >= 15 is 0 Å². The number of nitrogens with one attached hydrogen (secondary N) is 1. The summed E-state index contributed by atoms with van der Waals surface area (Å²) in [5, 5.41) is 24.4. The Morgan fingerprint density at radius 3 is 2.62 bits per heavy atom. The van der Waals surface area contributed by atoms with E-state index in [4.69, 9.17) is 16.3 Å². The molecule has 3 aromatic rings. The molecule has 0 saturated carbocycles. The molecule has 4 rings (SSSR count). The van der Waals surface area contributed by atoms with E-state index in [1.165, 1.54) is 11.3 Å². The molecule has 2 aromatic heterocycles. The number of aliphatic hydroxyl groups excluding tert-OH is 2. The number of ether oxygens (including phenoxy) is 1. The molecule has 0 amide bonds. The van der Waals surface area contributed by atoms with Crippen LogP contribution in [0.3, 0.4) is 0 Å². The van der Waals surface area contributed by atoms with E-state index in [0.717, 1.165) is 30.4 Å². The van der Waals surface area contributed by atoms with Crippen LogP contribution in [0.5, 0.6) is 0 Å². The fourth-order valence-electron chi connectivity index (χ4n) is 3.54. The first kappa shape index (κ1) is 23.1. The SMILES string of the molecule is OCc1ncc(C(CNC(O)c2cc(-c3ncc(F)cn3)ccc2Cl)N2CCOCC2)s1. The van der Waals surface area contributed by atoms with Crippen molar-refractivity contribution in [2.24, 2.45) is 0 Å². The van der Waals surface area contributed by atoms with Crippen LogP contribution in [0.4, 0.5) is 4.39 Å². The van der Waals surface area contributed by atoms with Crippen LogP contribution in [0.1, 0.15) is 27.7 Å². The lowest BCUT2D eigenvalue weighted by Crippen LogP contribution is -2.43. The number of rotatable bonds is 8. The number of hydrogen-bond donors (Lipinski definition) is 3. The quantitative estimate of drug-likeness (QED) is 0.423. The first-order chi connectivity index (χ1) is 15.5. The summed E-state index contributed by atoms with van der Waals surface area (Å²) >= 11 is 7.79. The maximum absolute atomic E-state index is 13.1. The average molecular weight is 480 g/mol. The zero-order valence-electron chi connectivity index (χ0n) is 17.1. The summed E-state index contributed by atoms with van der Waals surface area (Å²) in [4.78, 5) is 15.5. The lowest BCUT2D eigenvalue weighted by molar-refractivity contribution is 0.0127. The minimum atomic E-state index is -1.04. The molecule has 2 atom stereocenters. The molecule has 3 N–H and O–H groups in total. The van der Waals surface area contributed by atoms with Crippen LogP contribution in [0.15, 0.2) is 36.8 Å². The molecule has 0 bridgehead atoms. The molecular formula is C21H23ClFN5O3S. The second-order valence-electron chi connectivity index (χ2n) is 7.25. The Bertz CT molecular complexity index is 1030. The predicted molar refractivity (Wildman–Crippen MR) is 119 cm³/mol. The van der Waals surface area contributed by atoms with Crippen LogP contribution in [0.25, 0.3) is 11.4 Å². The molecule has 32 heavy (non-hydrogen) atoms. The standard InChI is InChI=1S/C21H23ClFN5O3S/c22-16-2-1-13(20-25-8-14(23)9-26-20)7-15(16)21(30)27-10-17(28-3-5-31-6-4-28)18-11-24-19(12-29)32-18/h1-2,7-9,11,17,21,27,29-30H,3-6,10,12H2. The van der Waals surface area contributed by atoms with Gasteiger partial charge in [0.15, 0.2) is 11.6 Å². The zero-order chi connectivity index (χ0) is 22.5. The van der Waals surface area contributed by atoms with Crippen molar-refractivity contribution in [3.05, 3.63) is 63.1 Å². The molecule has 3 heterocycles. The van der Waals surface area contributed by atoms with Gasteiger partial charge in [-0.05, 0) is 18.2 Å². The lowest BCUT2D eigenvalue weighted by Gasteiger charge is -2.34. The molecule has 8 nitrogen and oxygen atoms in total. The summed E-state index contributed by atoms with van der Waals surface area (Å²) in [5.74, 6) is -0.185. The highest BCUT2D eigenvalue weighted by molar-refractivity contribution is 7.11. The van der Waals surface area contributed by atoms with Gasteiger partial charge in [0.05, 0.1) is 38.3 Å². The third-order valence-electron chi connectivity index (χ3n) is 5.20. The van der Waals surface area contributed by atoms with E-state index in [1.54, 1.807) is 24.4 Å². The van der Waals surface area contributed by atoms with Crippen molar-refractivity contribution < 1.29 is 19.3 Å². The highest BCUT2D eigenvalue weighted by Crippen LogP contribution is 2.30. The van der Waals surface area contributed by atoms with Crippen LogP contribution >= 0.6 is 22.9 Å². The van der Waals surface area contributed by atoms with Gasteiger partial charge in [-0.1, -0.05) is 11.6 Å². The number of benzene rings is 1. The fraction of sp³-hybridized carbons (Fsp3) is 0.381. The maximum Gasteiger partial charge on any atom is 0.159 e. The zero-order valence-corrected chi connectivity index (χ0v) is 18.7. The van der Waals surface area contributed by atoms with Crippen molar-refractivity contribution in [2.45, 2.75) is 18.9 Å². The fourth-order valence-corrected chi connectivity index (χ4v) is 4.67. The smallest absolute Gasteiger partial charge is 0.159 e. The molecule has 170 valence electrons. The Balaban J connectivity index is 1.51. The van der Waals surface area contributed by atoms with Crippen molar-refractivity contribution in [2.75, 3.05) is 32.8 Å². The van der Waals surface area contributed by atoms with E-state index < -0.39 is 12.0 Å². The third-order valence-corrected chi connectivity index (χ3v) is 6.62. The lowest BCUT2D eigenvalue weighted by atomic mass is 10.1. The Morgan fingerprint density at radius 1 is 1.19 bits per heavy atom. The molecular weight excluding hydrogens is 457 g/mol. The maximum atomic E-state index is 13.1. The summed E-state index contributed by atoms with van der Waals surface area (Å²) in [7, 11) is 0. The molecule has 0 radical (unpaired) electrons. The molecule has 2 unspecified atom stereocenters. The minimum absolute atomic E-state index is 0.0475. The summed E-state index contributed by atoms with van der Waals surface area (Å²) in [6.45, 7) is 3.11. The van der Waals surface area contributed by atoms with Gasteiger partial charge in [-0.2, -0.15) is 0 Å². The van der Waals surface area contributed by atoms with Crippen LogP contribution in [-0.4, -0.2) is 62.9 Å². The van der Waals surface area contributed by atoms with Gasteiger partial charge in [-0.3, -0.25) is 10.2 Å². The van der Waals surface area contributed by atoms with Gasteiger partial charge in [-0.25, -0.2) is 19.3 Å². The van der Waals surface area contributed by atoms with Crippen molar-refractivity contribution in [1.29, 1.82) is 0 Å². The predicted octanol–water partition coefficient (Wildman–Crippen LogP) is 2.54. The summed E-state index contributed by atoms with van der Waals surface area (Å²) in [5.41, 5.74) is 1.09. The van der Waals surface area contributed by atoms with E-state index in [1.807, 2.05) is 0 Å². The van der Waals surface area contributed by atoms with Crippen LogP contribution in [0.2, 0.25) is 5.02 Å². The number of aliphatic hydroxyl groups is 2. The minimum Gasteiger partial charge on any atom is -0.389 e. The van der Waals surface area contributed by atoms with Gasteiger partial charge in [0.2, 0.25) is 0 Å². The molecule has 1 aliphatic rings. The van der Waals surface area contributed by atoms with E-state index in [2.05, 4.69) is 25.2 Å². The van der Waals surface area contributed by atoms with E-state index in [0.29, 0.717) is 46.7 Å². The first-order valence-electron chi connectivity index (χ1n) is 10.1. The monoisotopic (exact) mass is 479 g/mol. The molecule has 0 spiro atoms. The summed E-state index contributed by atoms with van der Waals surface area (Å²) in [6.07, 6.45) is 2.91. The first-order valence-corrected chi connectivity index (χ1v) is 11.3. The molecule has 1 fully saturated rings. The van der Waals surface area contributed by atoms with Crippen molar-refractivity contribution >= 4 is 22.9 Å². The van der Waals surface area contributed by atoms with Gasteiger partial charge in [0.25, 0.3) is 0 Å². The van der Waals surface area contributed by atoms with Crippen molar-refractivity contribution in [3.8, 4) is 11.4 Å². The van der Waals surface area contributed by atoms with Gasteiger partial charge < -0.3 is 14.9 Å².